The first-order valence-corrected chi connectivity index (χ1v) is 13.4. The third-order valence-electron chi connectivity index (χ3n) is 6.44. The Morgan fingerprint density at radius 1 is 0.875 bits per heavy atom. The third kappa shape index (κ3) is 6.22. The van der Waals surface area contributed by atoms with Gasteiger partial charge in [-0.3, -0.25) is 9.21 Å². The molecule has 6 nitrogen and oxygen atoms in total. The average Bonchev–Trinajstić information content (AvgIpc) is 2.81. The molecule has 0 spiro atoms. The number of carboxylic acid groups (broad SMARTS) is 1. The van der Waals surface area contributed by atoms with Crippen molar-refractivity contribution in [3.05, 3.63) is 100 Å². The molecule has 0 aromatic heterocycles. The smallest absolute Gasteiger partial charge is 0.416 e. The van der Waals surface area contributed by atoms with Crippen molar-refractivity contribution < 1.29 is 49.1 Å². The molecule has 1 aliphatic rings. The lowest BCUT2D eigenvalue weighted by molar-refractivity contribution is -0.138. The largest absolute Gasteiger partial charge is 0.478 e. The van der Waals surface area contributed by atoms with Gasteiger partial charge in [-0.05, 0) is 53.6 Å². The Labute approximate surface area is 224 Å². The maximum Gasteiger partial charge on any atom is 0.416 e. The van der Waals surface area contributed by atoms with Crippen molar-refractivity contribution in [3.63, 3.8) is 0 Å². The van der Waals surface area contributed by atoms with Crippen LogP contribution < -0.4 is 4.31 Å². The highest BCUT2D eigenvalue weighted by atomic mass is 32.2. The molecule has 1 aliphatic heterocycles. The third-order valence-corrected chi connectivity index (χ3v) is 7.66. The summed E-state index contributed by atoms with van der Waals surface area (Å²) < 4.78 is 119. The van der Waals surface area contributed by atoms with Crippen molar-refractivity contribution in [2.75, 3.05) is 23.7 Å². The molecular formula is C26H21F7N2O4S. The van der Waals surface area contributed by atoms with Crippen LogP contribution in [0.5, 0.6) is 0 Å². The number of benzene rings is 3. The number of likely N-dealkylation sites (tertiary alicyclic amines) is 1. The van der Waals surface area contributed by atoms with Crippen LogP contribution in [0, 0.1) is 5.82 Å². The molecule has 0 bridgehead atoms. The Hall–Kier alpha value is -3.65. The Kier molecular flexibility index (Phi) is 7.62. The standard InChI is InChI=1S/C26H21F7N2O4S/c1-40(38,39)35(21-11-17(24(36)37)10-20(27)12-21)22-13-34(14-22)23(15-2-6-18(7-3-15)25(28,29)30)16-4-8-19(9-5-16)26(31,32)33/h2-12,22-23H,13-14H2,1H3,(H,36,37). The fourth-order valence-corrected chi connectivity index (χ4v) is 5.83. The molecule has 214 valence electrons. The van der Waals surface area contributed by atoms with E-state index >= 15 is 0 Å². The quantitative estimate of drug-likeness (QED) is 0.352. The molecule has 0 atom stereocenters. The van der Waals surface area contributed by atoms with Gasteiger partial charge in [-0.2, -0.15) is 26.3 Å². The first kappa shape index (κ1) is 29.3. The predicted octanol–water partition coefficient (Wildman–Crippen LogP) is 5.80. The topological polar surface area (TPSA) is 77.9 Å². The van der Waals surface area contributed by atoms with E-state index in [0.717, 1.165) is 53.0 Å². The zero-order valence-electron chi connectivity index (χ0n) is 20.5. The lowest BCUT2D eigenvalue weighted by Crippen LogP contribution is -2.61. The van der Waals surface area contributed by atoms with Crippen LogP contribution in [0.15, 0.2) is 66.7 Å². The highest BCUT2D eigenvalue weighted by molar-refractivity contribution is 7.92. The number of alkyl halides is 6. The van der Waals surface area contributed by atoms with E-state index in [-0.39, 0.29) is 18.8 Å². The van der Waals surface area contributed by atoms with Gasteiger partial charge >= 0.3 is 18.3 Å². The molecule has 14 heteroatoms. The fourth-order valence-electron chi connectivity index (χ4n) is 4.67. The van der Waals surface area contributed by atoms with Crippen LogP contribution in [0.2, 0.25) is 0 Å². The number of carboxylic acids is 1. The van der Waals surface area contributed by atoms with Crippen molar-refractivity contribution in [1.29, 1.82) is 0 Å². The molecule has 0 unspecified atom stereocenters. The van der Waals surface area contributed by atoms with Crippen molar-refractivity contribution in [2.24, 2.45) is 0 Å². The van der Waals surface area contributed by atoms with Gasteiger partial charge in [-0.1, -0.05) is 24.3 Å². The van der Waals surface area contributed by atoms with Crippen molar-refractivity contribution >= 4 is 21.7 Å². The number of nitrogens with zero attached hydrogens (tertiary/aromatic N) is 2. The number of halogens is 7. The lowest BCUT2D eigenvalue weighted by Gasteiger charge is -2.48. The maximum atomic E-state index is 14.1. The molecule has 0 amide bonds. The van der Waals surface area contributed by atoms with Gasteiger partial charge in [0.15, 0.2) is 0 Å². The molecule has 1 saturated heterocycles. The summed E-state index contributed by atoms with van der Waals surface area (Å²) in [6.07, 6.45) is -8.37. The number of rotatable bonds is 7. The van der Waals surface area contributed by atoms with E-state index in [2.05, 4.69) is 0 Å². The first-order valence-electron chi connectivity index (χ1n) is 11.6. The first-order chi connectivity index (χ1) is 18.4. The van der Waals surface area contributed by atoms with E-state index in [1.165, 1.54) is 24.3 Å². The summed E-state index contributed by atoms with van der Waals surface area (Å²) in [5, 5.41) is 9.25. The second-order valence-electron chi connectivity index (χ2n) is 9.31. The Morgan fingerprint density at radius 2 is 1.32 bits per heavy atom. The van der Waals surface area contributed by atoms with Crippen molar-refractivity contribution in [3.8, 4) is 0 Å². The molecule has 0 saturated carbocycles. The minimum atomic E-state index is -4.61. The van der Waals surface area contributed by atoms with Gasteiger partial charge in [-0.15, -0.1) is 0 Å². The molecule has 3 aromatic rings. The zero-order valence-corrected chi connectivity index (χ0v) is 21.4. The molecule has 40 heavy (non-hydrogen) atoms. The monoisotopic (exact) mass is 590 g/mol. The molecule has 3 aromatic carbocycles. The fraction of sp³-hybridized carbons (Fsp3) is 0.269. The van der Waals surface area contributed by atoms with E-state index in [1.54, 1.807) is 4.90 Å². The van der Waals surface area contributed by atoms with Gasteiger partial charge in [0.25, 0.3) is 0 Å². The maximum absolute atomic E-state index is 14.1. The molecule has 1 N–H and O–H groups in total. The highest BCUT2D eigenvalue weighted by Gasteiger charge is 2.41. The van der Waals surface area contributed by atoms with Gasteiger partial charge in [0.2, 0.25) is 10.0 Å². The van der Waals surface area contributed by atoms with Gasteiger partial charge < -0.3 is 5.11 Å². The number of aromatic carboxylic acids is 1. The van der Waals surface area contributed by atoms with Gasteiger partial charge in [0, 0.05) is 13.1 Å². The summed E-state index contributed by atoms with van der Waals surface area (Å²) in [5.74, 6) is -2.46. The van der Waals surface area contributed by atoms with Crippen LogP contribution in [0.25, 0.3) is 0 Å². The van der Waals surface area contributed by atoms with Crippen LogP contribution in [0.4, 0.5) is 36.4 Å². The summed E-state index contributed by atoms with van der Waals surface area (Å²) in [6.45, 7) is -0.0859. The van der Waals surface area contributed by atoms with E-state index < -0.39 is 62.9 Å². The van der Waals surface area contributed by atoms with E-state index in [9.17, 15) is 49.1 Å². The zero-order chi connectivity index (χ0) is 29.6. The number of sulfonamides is 1. The molecule has 1 fully saturated rings. The Bertz CT molecular complexity index is 1440. The van der Waals surface area contributed by atoms with Crippen LogP contribution in [-0.4, -0.2) is 49.8 Å². The number of hydrogen-bond acceptors (Lipinski definition) is 4. The van der Waals surface area contributed by atoms with Gasteiger partial charge in [0.05, 0.1) is 40.7 Å². The summed E-state index contributed by atoms with van der Waals surface area (Å²) in [6, 6.07) is 9.05. The SMILES string of the molecule is CS(=O)(=O)N(c1cc(F)cc(C(=O)O)c1)C1CN(C(c2ccc(C(F)(F)F)cc2)c2ccc(C(F)(F)F)cc2)C1. The predicted molar refractivity (Wildman–Crippen MR) is 131 cm³/mol. The number of hydrogen-bond donors (Lipinski definition) is 1. The van der Waals surface area contributed by atoms with Crippen LogP contribution in [-0.2, 0) is 22.4 Å². The van der Waals surface area contributed by atoms with Crippen LogP contribution in [0.1, 0.15) is 38.7 Å². The molecule has 1 heterocycles. The highest BCUT2D eigenvalue weighted by Crippen LogP contribution is 2.39. The van der Waals surface area contributed by atoms with Gasteiger partial charge in [0.1, 0.15) is 5.82 Å². The number of anilines is 1. The number of carbonyl (C=O) groups is 1. The summed E-state index contributed by atoms with van der Waals surface area (Å²) >= 11 is 0. The van der Waals surface area contributed by atoms with Crippen molar-refractivity contribution in [2.45, 2.75) is 24.4 Å². The normalized spacial score (nSPS) is 15.2. The molecule has 0 aliphatic carbocycles. The lowest BCUT2D eigenvalue weighted by atomic mass is 9.91. The van der Waals surface area contributed by atoms with E-state index in [4.69, 9.17) is 0 Å². The summed E-state index contributed by atoms with van der Waals surface area (Å²) in [4.78, 5) is 13.0. The van der Waals surface area contributed by atoms with Gasteiger partial charge in [-0.25, -0.2) is 17.6 Å². The second kappa shape index (κ2) is 10.4. The second-order valence-corrected chi connectivity index (χ2v) is 11.2. The summed E-state index contributed by atoms with van der Waals surface area (Å²) in [7, 11) is -4.06. The molecule has 0 radical (unpaired) electrons. The Morgan fingerprint density at radius 3 is 1.70 bits per heavy atom. The minimum absolute atomic E-state index is 0.0430. The Balaban J connectivity index is 1.69. The minimum Gasteiger partial charge on any atom is -0.478 e. The van der Waals surface area contributed by atoms with Crippen molar-refractivity contribution in [1.82, 2.24) is 4.90 Å². The van der Waals surface area contributed by atoms with Crippen LogP contribution in [0.3, 0.4) is 0 Å². The molecular weight excluding hydrogens is 569 g/mol. The van der Waals surface area contributed by atoms with E-state index in [0.29, 0.717) is 11.1 Å². The van der Waals surface area contributed by atoms with Crippen LogP contribution >= 0.6 is 0 Å². The van der Waals surface area contributed by atoms with E-state index in [1.807, 2.05) is 0 Å². The molecule has 4 rings (SSSR count). The average molecular weight is 591 g/mol. The summed E-state index contributed by atoms with van der Waals surface area (Å²) in [5.41, 5.74) is -1.93.